The first kappa shape index (κ1) is 18.7. The normalized spacial score (nSPS) is 13.3. The third kappa shape index (κ3) is 4.54. The minimum Gasteiger partial charge on any atom is -0.207 e. The maximum absolute atomic E-state index is 12.9. The number of benzene rings is 3. The molecule has 2 atom stereocenters. The van der Waals surface area contributed by atoms with Gasteiger partial charge in [0.05, 0.1) is 17.0 Å². The monoisotopic (exact) mass is 378 g/mol. The summed E-state index contributed by atoms with van der Waals surface area (Å²) in [5.74, 6) is 0. The number of nitrogens with zero attached hydrogens (tertiary/aromatic N) is 3. The summed E-state index contributed by atoms with van der Waals surface area (Å²) in [7, 11) is -3.81. The van der Waals surface area contributed by atoms with Crippen molar-refractivity contribution in [2.45, 2.75) is 17.0 Å². The van der Waals surface area contributed by atoms with Crippen LogP contribution in [0.4, 0.5) is 0 Å². The van der Waals surface area contributed by atoms with Crippen molar-refractivity contribution in [3.8, 4) is 0 Å². The maximum Gasteiger partial charge on any atom is 0.241 e. The lowest BCUT2D eigenvalue weighted by Gasteiger charge is -2.25. The predicted molar refractivity (Wildman–Crippen MR) is 104 cm³/mol. The summed E-state index contributed by atoms with van der Waals surface area (Å²) in [6.45, 7) is 0. The van der Waals surface area contributed by atoms with Gasteiger partial charge in [0.2, 0.25) is 10.0 Å². The van der Waals surface area contributed by atoms with Crippen LogP contribution in [0, 0.1) is 0 Å². The fourth-order valence-electron chi connectivity index (χ4n) is 2.84. The van der Waals surface area contributed by atoms with E-state index in [4.69, 9.17) is 5.53 Å². The molecule has 0 unspecified atom stereocenters. The average molecular weight is 378 g/mol. The highest BCUT2D eigenvalue weighted by molar-refractivity contribution is 7.89. The molecule has 0 aliphatic heterocycles. The number of rotatable bonds is 7. The molecule has 27 heavy (non-hydrogen) atoms. The van der Waals surface area contributed by atoms with E-state index in [1.807, 2.05) is 48.5 Å². The Labute approximate surface area is 158 Å². The quantitative estimate of drug-likeness (QED) is 0.364. The van der Waals surface area contributed by atoms with E-state index in [1.165, 1.54) is 12.1 Å². The smallest absolute Gasteiger partial charge is 0.207 e. The lowest BCUT2D eigenvalue weighted by molar-refractivity contribution is 0.503. The van der Waals surface area contributed by atoms with Gasteiger partial charge in [-0.1, -0.05) is 84.0 Å². The molecule has 0 bridgehead atoms. The standard InChI is InChI=1S/C20H18N4O2S/c21-24-22-19(16-10-4-1-5-11-16)20(17-12-6-2-7-13-17)23-27(25,26)18-14-8-3-9-15-18/h1-15,19-20,23H/t19-,20-/m0/s1. The van der Waals surface area contributed by atoms with E-state index in [0.29, 0.717) is 5.56 Å². The van der Waals surface area contributed by atoms with E-state index in [9.17, 15) is 8.42 Å². The molecule has 0 aromatic heterocycles. The zero-order chi connectivity index (χ0) is 19.1. The second-order valence-corrected chi connectivity index (χ2v) is 7.60. The van der Waals surface area contributed by atoms with Crippen LogP contribution in [0.3, 0.4) is 0 Å². The maximum atomic E-state index is 12.9. The zero-order valence-corrected chi connectivity index (χ0v) is 15.2. The number of nitrogens with one attached hydrogen (secondary N) is 1. The van der Waals surface area contributed by atoms with E-state index in [1.54, 1.807) is 30.3 Å². The minimum absolute atomic E-state index is 0.152. The summed E-state index contributed by atoms with van der Waals surface area (Å²) in [5, 5.41) is 3.90. The summed E-state index contributed by atoms with van der Waals surface area (Å²) in [6, 6.07) is 24.8. The minimum atomic E-state index is -3.81. The van der Waals surface area contributed by atoms with Gasteiger partial charge in [-0.15, -0.1) is 0 Å². The van der Waals surface area contributed by atoms with E-state index in [2.05, 4.69) is 14.7 Å². The molecule has 3 rings (SSSR count). The predicted octanol–water partition coefficient (Wildman–Crippen LogP) is 4.76. The number of hydrogen-bond donors (Lipinski definition) is 1. The van der Waals surface area contributed by atoms with Crippen molar-refractivity contribution in [1.82, 2.24) is 4.72 Å². The second kappa shape index (κ2) is 8.51. The van der Waals surface area contributed by atoms with Crippen molar-refractivity contribution in [2.24, 2.45) is 5.11 Å². The Kier molecular flexibility index (Phi) is 5.88. The number of sulfonamides is 1. The first-order valence-corrected chi connectivity index (χ1v) is 9.81. The van der Waals surface area contributed by atoms with Crippen molar-refractivity contribution >= 4 is 10.0 Å². The van der Waals surface area contributed by atoms with Gasteiger partial charge in [-0.25, -0.2) is 13.1 Å². The van der Waals surface area contributed by atoms with Gasteiger partial charge < -0.3 is 0 Å². The van der Waals surface area contributed by atoms with Gasteiger partial charge in [0, 0.05) is 4.91 Å². The third-order valence-electron chi connectivity index (χ3n) is 4.13. The lowest BCUT2D eigenvalue weighted by Crippen LogP contribution is -2.32. The third-order valence-corrected chi connectivity index (χ3v) is 5.58. The van der Waals surface area contributed by atoms with Gasteiger partial charge in [0.15, 0.2) is 0 Å². The molecule has 0 aliphatic carbocycles. The molecule has 0 fully saturated rings. The first-order chi connectivity index (χ1) is 13.1. The van der Waals surface area contributed by atoms with Gasteiger partial charge in [-0.05, 0) is 28.8 Å². The molecule has 0 saturated carbocycles. The molecule has 1 N–H and O–H groups in total. The molecule has 0 heterocycles. The van der Waals surface area contributed by atoms with Crippen LogP contribution in [0.25, 0.3) is 10.4 Å². The van der Waals surface area contributed by atoms with Gasteiger partial charge >= 0.3 is 0 Å². The summed E-state index contributed by atoms with van der Waals surface area (Å²) >= 11 is 0. The highest BCUT2D eigenvalue weighted by Gasteiger charge is 2.29. The summed E-state index contributed by atoms with van der Waals surface area (Å²) in [5.41, 5.74) is 10.5. The Morgan fingerprint density at radius 2 is 1.26 bits per heavy atom. The molecule has 3 aromatic carbocycles. The topological polar surface area (TPSA) is 94.9 Å². The molecule has 136 valence electrons. The summed E-state index contributed by atoms with van der Waals surface area (Å²) in [6.07, 6.45) is 0. The molecular formula is C20H18N4O2S. The highest BCUT2D eigenvalue weighted by Crippen LogP contribution is 2.33. The van der Waals surface area contributed by atoms with Gasteiger partial charge in [0.25, 0.3) is 0 Å². The average Bonchev–Trinajstić information content (AvgIpc) is 2.72. The molecule has 0 aliphatic rings. The Bertz CT molecular complexity index is 1020. The largest absolute Gasteiger partial charge is 0.241 e. The molecule has 0 amide bonds. The molecule has 3 aromatic rings. The molecule has 6 nitrogen and oxygen atoms in total. The molecular weight excluding hydrogens is 360 g/mol. The first-order valence-electron chi connectivity index (χ1n) is 8.33. The molecule has 0 radical (unpaired) electrons. The van der Waals surface area contributed by atoms with E-state index >= 15 is 0 Å². The van der Waals surface area contributed by atoms with Crippen LogP contribution in [-0.2, 0) is 10.0 Å². The van der Waals surface area contributed by atoms with Crippen molar-refractivity contribution in [1.29, 1.82) is 0 Å². The number of azide groups is 1. The van der Waals surface area contributed by atoms with Crippen LogP contribution in [0.5, 0.6) is 0 Å². The highest BCUT2D eigenvalue weighted by atomic mass is 32.2. The van der Waals surface area contributed by atoms with Crippen LogP contribution in [0.15, 0.2) is 101 Å². The molecule has 0 spiro atoms. The zero-order valence-electron chi connectivity index (χ0n) is 14.4. The van der Waals surface area contributed by atoms with Crippen LogP contribution < -0.4 is 4.72 Å². The second-order valence-electron chi connectivity index (χ2n) is 5.88. The van der Waals surface area contributed by atoms with Crippen molar-refractivity contribution < 1.29 is 8.42 Å². The fraction of sp³-hybridized carbons (Fsp3) is 0.100. The van der Waals surface area contributed by atoms with Crippen molar-refractivity contribution in [3.05, 3.63) is 113 Å². The van der Waals surface area contributed by atoms with E-state index in [-0.39, 0.29) is 4.90 Å². The number of hydrogen-bond acceptors (Lipinski definition) is 3. The van der Waals surface area contributed by atoms with Gasteiger partial charge in [-0.3, -0.25) is 0 Å². The SMILES string of the molecule is [N-]=[N+]=N[C@@H](c1ccccc1)[C@@H](NS(=O)(=O)c1ccccc1)c1ccccc1. The molecule has 7 heteroatoms. The summed E-state index contributed by atoms with van der Waals surface area (Å²) in [4.78, 5) is 3.10. The summed E-state index contributed by atoms with van der Waals surface area (Å²) < 4.78 is 28.5. The van der Waals surface area contributed by atoms with Gasteiger partial charge in [-0.2, -0.15) is 0 Å². The Morgan fingerprint density at radius 3 is 1.78 bits per heavy atom. The van der Waals surface area contributed by atoms with E-state index < -0.39 is 22.1 Å². The van der Waals surface area contributed by atoms with Crippen LogP contribution in [0.2, 0.25) is 0 Å². The molecule has 0 saturated heterocycles. The Hall–Kier alpha value is -3.12. The van der Waals surface area contributed by atoms with Gasteiger partial charge in [0.1, 0.15) is 0 Å². The Balaban J connectivity index is 2.07. The van der Waals surface area contributed by atoms with Crippen LogP contribution >= 0.6 is 0 Å². The van der Waals surface area contributed by atoms with Crippen molar-refractivity contribution in [3.63, 3.8) is 0 Å². The van der Waals surface area contributed by atoms with Crippen LogP contribution in [-0.4, -0.2) is 8.42 Å². The fourth-order valence-corrected chi connectivity index (χ4v) is 4.09. The lowest BCUT2D eigenvalue weighted by atomic mass is 9.95. The van der Waals surface area contributed by atoms with E-state index in [0.717, 1.165) is 5.56 Å². The van der Waals surface area contributed by atoms with Crippen molar-refractivity contribution in [2.75, 3.05) is 0 Å². The van der Waals surface area contributed by atoms with Crippen LogP contribution in [0.1, 0.15) is 23.2 Å². The Morgan fingerprint density at radius 1 is 0.778 bits per heavy atom.